The Morgan fingerprint density at radius 1 is 1.00 bits per heavy atom. The lowest BCUT2D eigenvalue weighted by Gasteiger charge is -2.56. The molecule has 0 amide bonds. The van der Waals surface area contributed by atoms with Gasteiger partial charge in [-0.25, -0.2) is 0 Å². The van der Waals surface area contributed by atoms with Crippen molar-refractivity contribution in [2.24, 2.45) is 0 Å². The molecule has 3 rings (SSSR count). The highest BCUT2D eigenvalue weighted by Crippen LogP contribution is 2.48. The predicted octanol–water partition coefficient (Wildman–Crippen LogP) is 1.97. The van der Waals surface area contributed by atoms with Crippen LogP contribution in [0.4, 0.5) is 0 Å². The molecule has 0 aliphatic carbocycles. The van der Waals surface area contributed by atoms with Crippen molar-refractivity contribution in [2.45, 2.75) is 75.7 Å². The third-order valence-electron chi connectivity index (χ3n) is 4.72. The van der Waals surface area contributed by atoms with E-state index in [1.54, 1.807) is 0 Å². The van der Waals surface area contributed by atoms with Crippen molar-refractivity contribution in [3.05, 3.63) is 0 Å². The summed E-state index contributed by atoms with van der Waals surface area (Å²) < 4.78 is 24.4. The van der Waals surface area contributed by atoms with Gasteiger partial charge in [0.2, 0.25) is 11.6 Å². The molecule has 3 saturated heterocycles. The zero-order chi connectivity index (χ0) is 14.1. The quantitative estimate of drug-likeness (QED) is 0.841. The fraction of sp³-hybridized carbons (Fsp3) is 1.00. The number of aliphatic hydroxyl groups excluding tert-OH is 1. The van der Waals surface area contributed by atoms with Crippen LogP contribution in [0.15, 0.2) is 0 Å². The van der Waals surface area contributed by atoms with Gasteiger partial charge in [-0.15, -0.1) is 0 Å². The standard InChI is InChI=1S/C15H26O5/c1-2-12(16)13-11-19-14(7-3-5-9-17-14)15(20-13)8-4-6-10-18-15/h12-13,16H,2-11H2,1H3/t12-,13-,14-,15-/m1/s1. The van der Waals surface area contributed by atoms with Crippen LogP contribution in [-0.2, 0) is 18.9 Å². The third kappa shape index (κ3) is 2.40. The van der Waals surface area contributed by atoms with Crippen molar-refractivity contribution in [2.75, 3.05) is 19.8 Å². The van der Waals surface area contributed by atoms with Gasteiger partial charge in [-0.2, -0.15) is 0 Å². The van der Waals surface area contributed by atoms with Gasteiger partial charge in [-0.3, -0.25) is 0 Å². The summed E-state index contributed by atoms with van der Waals surface area (Å²) in [4.78, 5) is 0. The van der Waals surface area contributed by atoms with Crippen LogP contribution in [0.3, 0.4) is 0 Å². The van der Waals surface area contributed by atoms with Crippen LogP contribution < -0.4 is 0 Å². The highest BCUT2D eigenvalue weighted by molar-refractivity contribution is 4.97. The van der Waals surface area contributed by atoms with Crippen LogP contribution in [-0.4, -0.2) is 48.7 Å². The van der Waals surface area contributed by atoms with E-state index in [0.717, 1.165) is 38.5 Å². The topological polar surface area (TPSA) is 57.2 Å². The van der Waals surface area contributed by atoms with E-state index in [4.69, 9.17) is 18.9 Å². The number of rotatable bonds is 2. The van der Waals surface area contributed by atoms with Gasteiger partial charge >= 0.3 is 0 Å². The van der Waals surface area contributed by atoms with Crippen molar-refractivity contribution in [3.63, 3.8) is 0 Å². The summed E-state index contributed by atoms with van der Waals surface area (Å²) in [7, 11) is 0. The first kappa shape index (κ1) is 14.7. The molecule has 3 aliphatic heterocycles. The van der Waals surface area contributed by atoms with Crippen LogP contribution in [0.25, 0.3) is 0 Å². The van der Waals surface area contributed by atoms with E-state index in [-0.39, 0.29) is 6.10 Å². The van der Waals surface area contributed by atoms with Crippen molar-refractivity contribution >= 4 is 0 Å². The zero-order valence-corrected chi connectivity index (χ0v) is 12.3. The fourth-order valence-electron chi connectivity index (χ4n) is 3.49. The molecule has 5 heteroatoms. The third-order valence-corrected chi connectivity index (χ3v) is 4.72. The van der Waals surface area contributed by atoms with Crippen molar-refractivity contribution < 1.29 is 24.1 Å². The number of aliphatic hydroxyl groups is 1. The molecule has 1 N–H and O–H groups in total. The smallest absolute Gasteiger partial charge is 0.224 e. The summed E-state index contributed by atoms with van der Waals surface area (Å²) in [6.07, 6.45) is 5.61. The molecule has 3 aliphatic rings. The molecule has 0 aromatic rings. The van der Waals surface area contributed by atoms with Gasteiger partial charge in [-0.05, 0) is 32.1 Å². The molecule has 5 nitrogen and oxygen atoms in total. The molecule has 2 spiro atoms. The average molecular weight is 286 g/mol. The normalized spacial score (nSPS) is 43.8. The molecule has 3 fully saturated rings. The molecule has 4 atom stereocenters. The second-order valence-electron chi connectivity index (χ2n) is 6.06. The first-order valence-corrected chi connectivity index (χ1v) is 7.99. The summed E-state index contributed by atoms with van der Waals surface area (Å²) in [5.41, 5.74) is 0. The van der Waals surface area contributed by atoms with Gasteiger partial charge in [0.25, 0.3) is 0 Å². The van der Waals surface area contributed by atoms with Crippen molar-refractivity contribution in [1.82, 2.24) is 0 Å². The molecule has 0 saturated carbocycles. The molecular weight excluding hydrogens is 260 g/mol. The van der Waals surface area contributed by atoms with E-state index in [1.807, 2.05) is 6.92 Å². The molecule has 0 aromatic heterocycles. The Morgan fingerprint density at radius 2 is 1.65 bits per heavy atom. The van der Waals surface area contributed by atoms with Crippen LogP contribution >= 0.6 is 0 Å². The fourth-order valence-corrected chi connectivity index (χ4v) is 3.49. The Kier molecular flexibility index (Phi) is 4.34. The molecule has 0 radical (unpaired) electrons. The first-order chi connectivity index (χ1) is 9.71. The van der Waals surface area contributed by atoms with E-state index in [2.05, 4.69) is 0 Å². The van der Waals surface area contributed by atoms with Gasteiger partial charge in [0.05, 0.1) is 25.9 Å². The predicted molar refractivity (Wildman–Crippen MR) is 72.2 cm³/mol. The summed E-state index contributed by atoms with van der Waals surface area (Å²) in [5.74, 6) is -1.60. The number of ether oxygens (including phenoxy) is 4. The lowest BCUT2D eigenvalue weighted by Crippen LogP contribution is -2.68. The number of fused-ring (bicyclic) bond motifs is 1. The number of hydrogen-bond donors (Lipinski definition) is 1. The monoisotopic (exact) mass is 286 g/mol. The molecule has 116 valence electrons. The van der Waals surface area contributed by atoms with E-state index in [9.17, 15) is 5.11 Å². The Bertz CT molecular complexity index is 320. The number of hydrogen-bond acceptors (Lipinski definition) is 5. The maximum Gasteiger partial charge on any atom is 0.224 e. The van der Waals surface area contributed by atoms with Crippen LogP contribution in [0.1, 0.15) is 51.9 Å². The highest BCUT2D eigenvalue weighted by Gasteiger charge is 2.61. The van der Waals surface area contributed by atoms with E-state index < -0.39 is 17.7 Å². The lowest BCUT2D eigenvalue weighted by molar-refractivity contribution is -0.471. The minimum absolute atomic E-state index is 0.325. The van der Waals surface area contributed by atoms with E-state index in [1.165, 1.54) is 0 Å². The molecule has 0 bridgehead atoms. The van der Waals surface area contributed by atoms with Crippen molar-refractivity contribution in [1.29, 1.82) is 0 Å². The molecule has 0 unspecified atom stereocenters. The highest BCUT2D eigenvalue weighted by atomic mass is 16.8. The molecule has 0 aromatic carbocycles. The minimum Gasteiger partial charge on any atom is -0.390 e. The first-order valence-electron chi connectivity index (χ1n) is 7.99. The van der Waals surface area contributed by atoms with Crippen molar-refractivity contribution in [3.8, 4) is 0 Å². The Morgan fingerprint density at radius 3 is 2.20 bits per heavy atom. The molecular formula is C15H26O5. The van der Waals surface area contributed by atoms with Gasteiger partial charge in [0, 0.05) is 12.8 Å². The summed E-state index contributed by atoms with van der Waals surface area (Å²) in [6.45, 7) is 3.68. The Hall–Kier alpha value is -0.200. The maximum absolute atomic E-state index is 10.1. The van der Waals surface area contributed by atoms with Gasteiger partial charge in [0.15, 0.2) is 0 Å². The average Bonchev–Trinajstić information content (AvgIpc) is 2.51. The summed E-state index contributed by atoms with van der Waals surface area (Å²) >= 11 is 0. The minimum atomic E-state index is -0.829. The molecule has 20 heavy (non-hydrogen) atoms. The lowest BCUT2D eigenvalue weighted by atomic mass is 9.89. The second-order valence-corrected chi connectivity index (χ2v) is 6.06. The SMILES string of the molecule is CC[C@@H](O)[C@H]1CO[C@]2(CCCCO2)[C@@]2(CCCCO2)O1. The maximum atomic E-state index is 10.1. The van der Waals surface area contributed by atoms with Crippen LogP contribution in [0, 0.1) is 0 Å². The van der Waals surface area contributed by atoms with E-state index in [0.29, 0.717) is 26.2 Å². The Balaban J connectivity index is 1.83. The zero-order valence-electron chi connectivity index (χ0n) is 12.3. The van der Waals surface area contributed by atoms with Crippen LogP contribution in [0.5, 0.6) is 0 Å². The summed E-state index contributed by atoms with van der Waals surface area (Å²) in [5, 5.41) is 10.1. The van der Waals surface area contributed by atoms with E-state index >= 15 is 0 Å². The van der Waals surface area contributed by atoms with Gasteiger partial charge in [-0.1, -0.05) is 6.92 Å². The van der Waals surface area contributed by atoms with Gasteiger partial charge in [0.1, 0.15) is 6.10 Å². The van der Waals surface area contributed by atoms with Gasteiger partial charge < -0.3 is 24.1 Å². The van der Waals surface area contributed by atoms with Crippen LogP contribution in [0.2, 0.25) is 0 Å². The summed E-state index contributed by atoms with van der Waals surface area (Å²) in [6, 6.07) is 0. The molecule has 3 heterocycles. The second kappa shape index (κ2) is 5.89. The Labute approximate surface area is 120 Å². The largest absolute Gasteiger partial charge is 0.390 e.